The zero-order valence-electron chi connectivity index (χ0n) is 15.1. The maximum absolute atomic E-state index is 11.7. The van der Waals surface area contributed by atoms with Gasteiger partial charge in [-0.2, -0.15) is 0 Å². The molecule has 1 N–H and O–H groups in total. The lowest BCUT2D eigenvalue weighted by Crippen LogP contribution is -2.40. The summed E-state index contributed by atoms with van der Waals surface area (Å²) >= 11 is 12.0. The molecule has 0 amide bonds. The van der Waals surface area contributed by atoms with Gasteiger partial charge in [0.15, 0.2) is 0 Å². The van der Waals surface area contributed by atoms with Crippen LogP contribution in [0.4, 0.5) is 0 Å². The Morgan fingerprint density at radius 1 is 1.04 bits per heavy atom. The molecule has 0 aromatic heterocycles. The molecule has 0 saturated heterocycles. The molecule has 2 unspecified atom stereocenters. The number of nitrogens with zero attached hydrogens (tertiary/aromatic N) is 1. The lowest BCUT2D eigenvalue weighted by atomic mass is 9.76. The van der Waals surface area contributed by atoms with E-state index in [-0.39, 0.29) is 5.92 Å². The Morgan fingerprint density at radius 2 is 1.52 bits per heavy atom. The summed E-state index contributed by atoms with van der Waals surface area (Å²) in [4.78, 5) is 2.08. The topological polar surface area (TPSA) is 23.5 Å². The van der Waals surface area contributed by atoms with Gasteiger partial charge in [-0.1, -0.05) is 60.5 Å². The third-order valence-corrected chi connectivity index (χ3v) is 4.99. The number of aliphatic hydroxyl groups is 1. The SMILES string of the molecule is CC(=Cc1ccc(Cl)cc1)C(O)(c1ccc(Cl)cc1)C(C)CN(C)C. The van der Waals surface area contributed by atoms with Crippen molar-refractivity contribution in [2.75, 3.05) is 20.6 Å². The first-order chi connectivity index (χ1) is 11.7. The molecule has 134 valence electrons. The van der Waals surface area contributed by atoms with Gasteiger partial charge in [0, 0.05) is 22.5 Å². The smallest absolute Gasteiger partial charge is 0.114 e. The van der Waals surface area contributed by atoms with Gasteiger partial charge in [0.25, 0.3) is 0 Å². The van der Waals surface area contributed by atoms with Gasteiger partial charge in [0.2, 0.25) is 0 Å². The molecule has 4 heteroatoms. The lowest BCUT2D eigenvalue weighted by Gasteiger charge is -2.37. The van der Waals surface area contributed by atoms with E-state index in [1.165, 1.54) is 0 Å². The molecular formula is C21H25Cl2NO. The molecule has 25 heavy (non-hydrogen) atoms. The highest BCUT2D eigenvalue weighted by molar-refractivity contribution is 6.30. The van der Waals surface area contributed by atoms with Crippen molar-refractivity contribution in [3.8, 4) is 0 Å². The summed E-state index contributed by atoms with van der Waals surface area (Å²) in [5, 5.41) is 13.1. The minimum Gasteiger partial charge on any atom is -0.380 e. The summed E-state index contributed by atoms with van der Waals surface area (Å²) in [6.45, 7) is 4.79. The van der Waals surface area contributed by atoms with Crippen LogP contribution in [0.3, 0.4) is 0 Å². The molecule has 0 fully saturated rings. The summed E-state index contributed by atoms with van der Waals surface area (Å²) < 4.78 is 0. The quantitative estimate of drug-likeness (QED) is 0.719. The molecule has 0 radical (unpaired) electrons. The standard InChI is InChI=1S/C21H25Cl2NO/c1-15(13-17-5-9-19(22)10-6-17)21(25,16(2)14-24(3)4)18-7-11-20(23)12-8-18/h5-13,16,25H,14H2,1-4H3. The Hall–Kier alpha value is -1.32. The number of rotatable bonds is 6. The van der Waals surface area contributed by atoms with Crippen molar-refractivity contribution in [2.24, 2.45) is 5.92 Å². The van der Waals surface area contributed by atoms with Crippen LogP contribution in [0.25, 0.3) is 6.08 Å². The first-order valence-corrected chi connectivity index (χ1v) is 9.06. The Morgan fingerprint density at radius 3 is 2.00 bits per heavy atom. The van der Waals surface area contributed by atoms with Crippen LogP contribution in [0.2, 0.25) is 10.0 Å². The van der Waals surface area contributed by atoms with Crippen LogP contribution in [0.1, 0.15) is 25.0 Å². The molecule has 0 saturated carbocycles. The monoisotopic (exact) mass is 377 g/mol. The lowest BCUT2D eigenvalue weighted by molar-refractivity contribution is 0.0105. The van der Waals surface area contributed by atoms with Gasteiger partial charge < -0.3 is 10.0 Å². The fourth-order valence-electron chi connectivity index (χ4n) is 3.20. The van der Waals surface area contributed by atoms with E-state index in [1.807, 2.05) is 75.6 Å². The second-order valence-electron chi connectivity index (χ2n) is 6.82. The predicted molar refractivity (Wildman–Crippen MR) is 108 cm³/mol. The van der Waals surface area contributed by atoms with Gasteiger partial charge in [-0.05, 0) is 62.0 Å². The minimum absolute atomic E-state index is 0.00720. The highest BCUT2D eigenvalue weighted by Gasteiger charge is 2.37. The van der Waals surface area contributed by atoms with Crippen molar-refractivity contribution in [2.45, 2.75) is 19.4 Å². The molecule has 0 heterocycles. The van der Waals surface area contributed by atoms with Crippen molar-refractivity contribution < 1.29 is 5.11 Å². The van der Waals surface area contributed by atoms with Crippen LogP contribution in [-0.4, -0.2) is 30.6 Å². The van der Waals surface area contributed by atoms with Crippen LogP contribution in [0.5, 0.6) is 0 Å². The highest BCUT2D eigenvalue weighted by Crippen LogP contribution is 2.38. The van der Waals surface area contributed by atoms with Gasteiger partial charge in [-0.25, -0.2) is 0 Å². The fraction of sp³-hybridized carbons (Fsp3) is 0.333. The first-order valence-electron chi connectivity index (χ1n) is 8.31. The molecule has 2 aromatic carbocycles. The zero-order valence-corrected chi connectivity index (χ0v) is 16.6. The van der Waals surface area contributed by atoms with Gasteiger partial charge in [0.05, 0.1) is 0 Å². The summed E-state index contributed by atoms with van der Waals surface area (Å²) in [5.41, 5.74) is 1.64. The second-order valence-corrected chi connectivity index (χ2v) is 7.69. The zero-order chi connectivity index (χ0) is 18.6. The van der Waals surface area contributed by atoms with Crippen LogP contribution in [0.15, 0.2) is 54.1 Å². The van der Waals surface area contributed by atoms with E-state index in [0.717, 1.165) is 23.2 Å². The van der Waals surface area contributed by atoms with E-state index >= 15 is 0 Å². The Bertz CT molecular complexity index is 723. The summed E-state index contributed by atoms with van der Waals surface area (Å²) in [6, 6.07) is 15.0. The minimum atomic E-state index is -1.09. The maximum Gasteiger partial charge on any atom is 0.114 e. The molecule has 2 aromatic rings. The molecule has 2 nitrogen and oxygen atoms in total. The summed E-state index contributed by atoms with van der Waals surface area (Å²) in [5.74, 6) is -0.00720. The third-order valence-electron chi connectivity index (χ3n) is 4.49. The molecule has 2 atom stereocenters. The molecule has 0 aliphatic carbocycles. The maximum atomic E-state index is 11.7. The number of hydrogen-bond donors (Lipinski definition) is 1. The average Bonchev–Trinajstić information content (AvgIpc) is 2.56. The second kappa shape index (κ2) is 8.37. The van der Waals surface area contributed by atoms with E-state index in [1.54, 1.807) is 0 Å². The van der Waals surface area contributed by atoms with Crippen molar-refractivity contribution in [1.29, 1.82) is 0 Å². The Kier molecular flexibility index (Phi) is 6.70. The van der Waals surface area contributed by atoms with E-state index in [2.05, 4.69) is 11.8 Å². The first kappa shape index (κ1) is 20.0. The fourth-order valence-corrected chi connectivity index (χ4v) is 3.46. The number of hydrogen-bond acceptors (Lipinski definition) is 2. The van der Waals surface area contributed by atoms with Crippen LogP contribution < -0.4 is 0 Å². The highest BCUT2D eigenvalue weighted by atomic mass is 35.5. The molecule has 0 aliphatic rings. The van der Waals surface area contributed by atoms with Gasteiger partial charge >= 0.3 is 0 Å². The molecular weight excluding hydrogens is 353 g/mol. The van der Waals surface area contributed by atoms with Gasteiger partial charge in [-0.15, -0.1) is 0 Å². The van der Waals surface area contributed by atoms with Crippen molar-refractivity contribution in [1.82, 2.24) is 4.90 Å². The van der Waals surface area contributed by atoms with Crippen LogP contribution in [0, 0.1) is 5.92 Å². The molecule has 2 rings (SSSR count). The Balaban J connectivity index is 2.49. The van der Waals surface area contributed by atoms with Gasteiger partial charge in [0.1, 0.15) is 5.60 Å². The van der Waals surface area contributed by atoms with Crippen LogP contribution in [-0.2, 0) is 5.60 Å². The van der Waals surface area contributed by atoms with Crippen molar-refractivity contribution in [3.05, 3.63) is 75.3 Å². The largest absolute Gasteiger partial charge is 0.380 e. The van der Waals surface area contributed by atoms with E-state index in [0.29, 0.717) is 10.0 Å². The molecule has 0 aliphatic heterocycles. The van der Waals surface area contributed by atoms with Crippen molar-refractivity contribution >= 4 is 29.3 Å². The predicted octanol–water partition coefficient (Wildman–Crippen LogP) is 5.48. The summed E-state index contributed by atoms with van der Waals surface area (Å²) in [7, 11) is 4.02. The molecule has 0 spiro atoms. The van der Waals surface area contributed by atoms with Crippen molar-refractivity contribution in [3.63, 3.8) is 0 Å². The summed E-state index contributed by atoms with van der Waals surface area (Å²) in [6.07, 6.45) is 2.01. The van der Waals surface area contributed by atoms with E-state index < -0.39 is 5.60 Å². The van der Waals surface area contributed by atoms with E-state index in [9.17, 15) is 5.11 Å². The van der Waals surface area contributed by atoms with Crippen LogP contribution >= 0.6 is 23.2 Å². The Labute approximate surface area is 160 Å². The van der Waals surface area contributed by atoms with E-state index in [4.69, 9.17) is 23.2 Å². The number of benzene rings is 2. The molecule has 0 bridgehead atoms. The number of halogens is 2. The normalized spacial score (nSPS) is 15.9. The third kappa shape index (κ3) is 4.86. The van der Waals surface area contributed by atoms with Gasteiger partial charge in [-0.3, -0.25) is 0 Å². The average molecular weight is 378 g/mol.